The monoisotopic (exact) mass is 316 g/mol. The van der Waals surface area contributed by atoms with E-state index in [1.807, 2.05) is 4.57 Å². The summed E-state index contributed by atoms with van der Waals surface area (Å²) in [5.41, 5.74) is 1.18. The van der Waals surface area contributed by atoms with Crippen LogP contribution in [0, 0.1) is 0 Å². The largest absolute Gasteiger partial charge is 0.396 e. The lowest BCUT2D eigenvalue weighted by Crippen LogP contribution is -2.11. The SMILES string of the molecule is CCCCCC(CCO)n1cnc2c(Cl)nc(Cl)nc21. The van der Waals surface area contributed by atoms with Gasteiger partial charge in [-0.1, -0.05) is 37.8 Å². The van der Waals surface area contributed by atoms with Gasteiger partial charge in [-0.25, -0.2) is 9.97 Å². The molecule has 2 aromatic heterocycles. The third-order valence-electron chi connectivity index (χ3n) is 3.35. The molecule has 0 amide bonds. The number of hydrogen-bond acceptors (Lipinski definition) is 4. The van der Waals surface area contributed by atoms with Gasteiger partial charge in [0.1, 0.15) is 5.52 Å². The normalized spacial score (nSPS) is 13.0. The Morgan fingerprint density at radius 3 is 2.75 bits per heavy atom. The number of unbranched alkanes of at least 4 members (excludes halogenated alkanes) is 2. The molecule has 2 heterocycles. The summed E-state index contributed by atoms with van der Waals surface area (Å²) in [7, 11) is 0. The molecule has 0 aliphatic heterocycles. The number of nitrogens with zero attached hydrogens (tertiary/aromatic N) is 4. The van der Waals surface area contributed by atoms with E-state index in [0.29, 0.717) is 17.6 Å². The van der Waals surface area contributed by atoms with Crippen molar-refractivity contribution < 1.29 is 5.11 Å². The number of hydrogen-bond donors (Lipinski definition) is 1. The van der Waals surface area contributed by atoms with Gasteiger partial charge in [0.2, 0.25) is 5.28 Å². The van der Waals surface area contributed by atoms with Gasteiger partial charge in [-0.05, 0) is 24.4 Å². The fraction of sp³-hybridized carbons (Fsp3) is 0.615. The number of aliphatic hydroxyl groups excluding tert-OH is 1. The van der Waals surface area contributed by atoms with Crippen molar-refractivity contribution in [1.29, 1.82) is 0 Å². The molecule has 0 radical (unpaired) electrons. The van der Waals surface area contributed by atoms with Gasteiger partial charge in [0, 0.05) is 12.6 Å². The molecule has 0 spiro atoms. The van der Waals surface area contributed by atoms with Crippen LogP contribution in [0.4, 0.5) is 0 Å². The average molecular weight is 317 g/mol. The van der Waals surface area contributed by atoms with Gasteiger partial charge in [-0.15, -0.1) is 0 Å². The highest BCUT2D eigenvalue weighted by molar-refractivity contribution is 6.35. The lowest BCUT2D eigenvalue weighted by atomic mass is 10.1. The minimum atomic E-state index is 0.112. The number of halogens is 2. The Hall–Kier alpha value is -0.910. The number of rotatable bonds is 7. The van der Waals surface area contributed by atoms with Crippen molar-refractivity contribution in [1.82, 2.24) is 19.5 Å². The molecule has 0 aliphatic rings. The molecule has 1 unspecified atom stereocenters. The predicted octanol–water partition coefficient (Wildman–Crippen LogP) is 3.64. The highest BCUT2D eigenvalue weighted by atomic mass is 35.5. The van der Waals surface area contributed by atoms with Crippen LogP contribution in [0.25, 0.3) is 11.2 Å². The van der Waals surface area contributed by atoms with E-state index in [2.05, 4.69) is 21.9 Å². The maximum Gasteiger partial charge on any atom is 0.225 e. The maximum atomic E-state index is 9.25. The van der Waals surface area contributed by atoms with Crippen LogP contribution in [-0.4, -0.2) is 31.2 Å². The van der Waals surface area contributed by atoms with Gasteiger partial charge in [0.25, 0.3) is 0 Å². The topological polar surface area (TPSA) is 63.8 Å². The van der Waals surface area contributed by atoms with Gasteiger partial charge in [0.05, 0.1) is 6.33 Å². The zero-order valence-corrected chi connectivity index (χ0v) is 12.9. The standard InChI is InChI=1S/C13H18Cl2N4O/c1-2-3-4-5-9(6-7-20)19-8-16-10-11(14)17-13(15)18-12(10)19/h8-9,20H,2-7H2,1H3. The van der Waals surface area contributed by atoms with Crippen molar-refractivity contribution in [3.8, 4) is 0 Å². The van der Waals surface area contributed by atoms with Crippen LogP contribution < -0.4 is 0 Å². The fourth-order valence-electron chi connectivity index (χ4n) is 2.33. The Kier molecular flexibility index (Phi) is 5.57. The van der Waals surface area contributed by atoms with Gasteiger partial charge >= 0.3 is 0 Å². The minimum absolute atomic E-state index is 0.112. The first kappa shape index (κ1) is 15.5. The second kappa shape index (κ2) is 7.20. The molecule has 0 bridgehead atoms. The van der Waals surface area contributed by atoms with E-state index in [0.717, 1.165) is 19.3 Å². The summed E-state index contributed by atoms with van der Waals surface area (Å²) in [6, 6.07) is 0.151. The third kappa shape index (κ3) is 3.40. The van der Waals surface area contributed by atoms with Crippen LogP contribution in [0.15, 0.2) is 6.33 Å². The van der Waals surface area contributed by atoms with Crippen LogP contribution in [0.1, 0.15) is 45.1 Å². The lowest BCUT2D eigenvalue weighted by Gasteiger charge is -2.17. The van der Waals surface area contributed by atoms with Gasteiger partial charge in [-0.2, -0.15) is 4.98 Å². The molecule has 2 aromatic rings. The second-order valence-corrected chi connectivity index (χ2v) is 5.47. The van der Waals surface area contributed by atoms with E-state index in [-0.39, 0.29) is 23.1 Å². The molecule has 1 N–H and O–H groups in total. The Morgan fingerprint density at radius 2 is 2.05 bits per heavy atom. The van der Waals surface area contributed by atoms with E-state index in [9.17, 15) is 5.11 Å². The smallest absolute Gasteiger partial charge is 0.225 e. The predicted molar refractivity (Wildman–Crippen MR) is 80.2 cm³/mol. The first-order chi connectivity index (χ1) is 9.67. The van der Waals surface area contributed by atoms with E-state index >= 15 is 0 Å². The lowest BCUT2D eigenvalue weighted by molar-refractivity contribution is 0.251. The molecule has 0 aliphatic carbocycles. The molecule has 0 saturated heterocycles. The third-order valence-corrected chi connectivity index (χ3v) is 3.78. The number of imidazole rings is 1. The van der Waals surface area contributed by atoms with Gasteiger partial charge < -0.3 is 9.67 Å². The van der Waals surface area contributed by atoms with Crippen molar-refractivity contribution in [2.45, 2.75) is 45.1 Å². The second-order valence-electron chi connectivity index (χ2n) is 4.77. The molecule has 5 nitrogen and oxygen atoms in total. The Morgan fingerprint density at radius 1 is 1.25 bits per heavy atom. The first-order valence-corrected chi connectivity index (χ1v) is 7.59. The number of aromatic nitrogens is 4. The summed E-state index contributed by atoms with van der Waals surface area (Å²) in [4.78, 5) is 12.4. The molecule has 0 saturated carbocycles. The molecule has 2 rings (SSSR count). The van der Waals surface area contributed by atoms with Crippen molar-refractivity contribution in [2.24, 2.45) is 0 Å². The van der Waals surface area contributed by atoms with Crippen LogP contribution >= 0.6 is 23.2 Å². The van der Waals surface area contributed by atoms with Crippen molar-refractivity contribution in [3.63, 3.8) is 0 Å². The average Bonchev–Trinajstić information content (AvgIpc) is 2.82. The molecule has 7 heteroatoms. The summed E-state index contributed by atoms with van der Waals surface area (Å²) < 4.78 is 1.95. The summed E-state index contributed by atoms with van der Waals surface area (Å²) in [5.74, 6) is 0. The number of fused-ring (bicyclic) bond motifs is 1. The van der Waals surface area contributed by atoms with Gasteiger partial charge in [0.15, 0.2) is 10.8 Å². The first-order valence-electron chi connectivity index (χ1n) is 6.83. The molecule has 0 aromatic carbocycles. The van der Waals surface area contributed by atoms with Gasteiger partial charge in [-0.3, -0.25) is 0 Å². The van der Waals surface area contributed by atoms with Crippen LogP contribution in [-0.2, 0) is 0 Å². The summed E-state index contributed by atoms with van der Waals surface area (Å²) in [6.45, 7) is 2.30. The highest BCUT2D eigenvalue weighted by Crippen LogP contribution is 2.27. The summed E-state index contributed by atoms with van der Waals surface area (Å²) in [5, 5.41) is 9.63. The van der Waals surface area contributed by atoms with E-state index in [4.69, 9.17) is 23.2 Å². The molecular weight excluding hydrogens is 299 g/mol. The summed E-state index contributed by atoms with van der Waals surface area (Å²) in [6.07, 6.45) is 6.77. The number of aliphatic hydroxyl groups is 1. The quantitative estimate of drug-likeness (QED) is 0.481. The van der Waals surface area contributed by atoms with E-state index < -0.39 is 0 Å². The van der Waals surface area contributed by atoms with Crippen molar-refractivity contribution in [3.05, 3.63) is 16.8 Å². The Labute approximate surface area is 128 Å². The van der Waals surface area contributed by atoms with E-state index in [1.54, 1.807) is 6.33 Å². The van der Waals surface area contributed by atoms with E-state index in [1.165, 1.54) is 6.42 Å². The van der Waals surface area contributed by atoms with Crippen molar-refractivity contribution in [2.75, 3.05) is 6.61 Å². The highest BCUT2D eigenvalue weighted by Gasteiger charge is 2.17. The Balaban J connectivity index is 2.32. The molecule has 20 heavy (non-hydrogen) atoms. The summed E-state index contributed by atoms with van der Waals surface area (Å²) >= 11 is 11.9. The van der Waals surface area contributed by atoms with Crippen LogP contribution in [0.3, 0.4) is 0 Å². The minimum Gasteiger partial charge on any atom is -0.396 e. The van der Waals surface area contributed by atoms with Crippen molar-refractivity contribution >= 4 is 34.4 Å². The zero-order valence-electron chi connectivity index (χ0n) is 11.4. The fourth-order valence-corrected chi connectivity index (χ4v) is 2.75. The molecule has 1 atom stereocenters. The molecular formula is C13H18Cl2N4O. The maximum absolute atomic E-state index is 9.25. The zero-order chi connectivity index (χ0) is 14.5. The van der Waals surface area contributed by atoms with Crippen LogP contribution in [0.5, 0.6) is 0 Å². The molecule has 110 valence electrons. The molecule has 0 fully saturated rings. The Bertz CT molecular complexity index is 573. The van der Waals surface area contributed by atoms with Crippen LogP contribution in [0.2, 0.25) is 10.4 Å².